The predicted molar refractivity (Wildman–Crippen MR) is 53.7 cm³/mol. The van der Waals surface area contributed by atoms with Gasteiger partial charge in [-0.3, -0.25) is 9.69 Å². The van der Waals surface area contributed by atoms with E-state index in [2.05, 4.69) is 0 Å². The molecule has 0 aromatic rings. The smallest absolute Gasteiger partial charge is 0.404 e. The SMILES string of the molecule is CC1(C)COCCN1C(CC(=O)O)C(F)(F)F. The molecule has 0 bridgehead atoms. The minimum atomic E-state index is -4.55. The van der Waals surface area contributed by atoms with Gasteiger partial charge in [0.2, 0.25) is 0 Å². The van der Waals surface area contributed by atoms with Crippen LogP contribution < -0.4 is 0 Å². The highest BCUT2D eigenvalue weighted by Crippen LogP contribution is 2.33. The number of halogens is 3. The number of nitrogens with zero attached hydrogens (tertiary/aromatic N) is 1. The van der Waals surface area contributed by atoms with Gasteiger partial charge in [-0.25, -0.2) is 0 Å². The van der Waals surface area contributed by atoms with Crippen molar-refractivity contribution in [3.63, 3.8) is 0 Å². The lowest BCUT2D eigenvalue weighted by Gasteiger charge is -2.46. The van der Waals surface area contributed by atoms with Crippen LogP contribution in [0.2, 0.25) is 0 Å². The van der Waals surface area contributed by atoms with E-state index in [1.165, 1.54) is 4.90 Å². The van der Waals surface area contributed by atoms with Crippen molar-refractivity contribution in [3.05, 3.63) is 0 Å². The second-order valence-corrected chi connectivity index (χ2v) is 4.71. The molecule has 1 heterocycles. The van der Waals surface area contributed by atoms with Crippen molar-refractivity contribution in [2.45, 2.75) is 38.0 Å². The average Bonchev–Trinajstić information content (AvgIpc) is 2.12. The molecular formula is C10H16F3NO3. The Morgan fingerprint density at radius 2 is 2.12 bits per heavy atom. The zero-order valence-electron chi connectivity index (χ0n) is 9.75. The number of carbonyl (C=O) groups is 1. The maximum absolute atomic E-state index is 12.9. The largest absolute Gasteiger partial charge is 0.481 e. The molecule has 0 aromatic carbocycles. The van der Waals surface area contributed by atoms with Gasteiger partial charge in [0.1, 0.15) is 6.04 Å². The lowest BCUT2D eigenvalue weighted by Crippen LogP contribution is -2.61. The standard InChI is InChI=1S/C10H16F3NO3/c1-9(2)6-17-4-3-14(9)7(5-8(15)16)10(11,12)13/h7H,3-6H2,1-2H3,(H,15,16). The summed E-state index contributed by atoms with van der Waals surface area (Å²) in [6.07, 6.45) is -5.49. The number of morpholine rings is 1. The van der Waals surface area contributed by atoms with Crippen LogP contribution >= 0.6 is 0 Å². The van der Waals surface area contributed by atoms with Crippen LogP contribution in [0.5, 0.6) is 0 Å². The van der Waals surface area contributed by atoms with Gasteiger partial charge in [0, 0.05) is 12.1 Å². The Labute approximate surface area is 97.3 Å². The molecule has 0 aliphatic carbocycles. The summed E-state index contributed by atoms with van der Waals surface area (Å²) in [5.41, 5.74) is -0.812. The minimum absolute atomic E-state index is 0.0878. The van der Waals surface area contributed by atoms with Crippen molar-refractivity contribution in [2.24, 2.45) is 0 Å². The third kappa shape index (κ3) is 3.57. The van der Waals surface area contributed by atoms with Gasteiger partial charge in [-0.15, -0.1) is 0 Å². The quantitative estimate of drug-likeness (QED) is 0.830. The van der Waals surface area contributed by atoms with Gasteiger partial charge in [-0.2, -0.15) is 13.2 Å². The van der Waals surface area contributed by atoms with Crippen molar-refractivity contribution in [2.75, 3.05) is 19.8 Å². The first-order chi connectivity index (χ1) is 7.64. The molecule has 1 aliphatic rings. The summed E-state index contributed by atoms with van der Waals surface area (Å²) in [6, 6.07) is -1.96. The van der Waals surface area contributed by atoms with Gasteiger partial charge in [-0.05, 0) is 13.8 Å². The molecule has 1 atom stereocenters. The van der Waals surface area contributed by atoms with Gasteiger partial charge in [0.25, 0.3) is 0 Å². The minimum Gasteiger partial charge on any atom is -0.481 e. The zero-order valence-corrected chi connectivity index (χ0v) is 9.75. The van der Waals surface area contributed by atoms with Gasteiger partial charge >= 0.3 is 12.1 Å². The summed E-state index contributed by atoms with van der Waals surface area (Å²) < 4.78 is 43.7. The molecule has 0 amide bonds. The van der Waals surface area contributed by atoms with Gasteiger partial charge in [-0.1, -0.05) is 0 Å². The number of aliphatic carboxylic acids is 1. The Balaban J connectivity index is 2.92. The lowest BCUT2D eigenvalue weighted by atomic mass is 9.98. The number of rotatable bonds is 3. The Morgan fingerprint density at radius 3 is 2.53 bits per heavy atom. The molecular weight excluding hydrogens is 239 g/mol. The van der Waals surface area contributed by atoms with Crippen LogP contribution in [0, 0.1) is 0 Å². The molecule has 100 valence electrons. The van der Waals surface area contributed by atoms with Gasteiger partial charge < -0.3 is 9.84 Å². The second kappa shape index (κ2) is 4.81. The summed E-state index contributed by atoms with van der Waals surface area (Å²) in [6.45, 7) is 3.68. The van der Waals surface area contributed by atoms with Crippen LogP contribution in [0.1, 0.15) is 20.3 Å². The normalized spacial score (nSPS) is 23.4. The highest BCUT2D eigenvalue weighted by molar-refractivity contribution is 5.67. The number of ether oxygens (including phenoxy) is 1. The number of carboxylic acids is 1. The molecule has 1 saturated heterocycles. The van der Waals surface area contributed by atoms with E-state index in [9.17, 15) is 18.0 Å². The molecule has 17 heavy (non-hydrogen) atoms. The molecule has 1 N–H and O–H groups in total. The molecule has 0 spiro atoms. The third-order valence-corrected chi connectivity index (χ3v) is 2.83. The summed E-state index contributed by atoms with van der Waals surface area (Å²) in [5.74, 6) is -1.45. The maximum atomic E-state index is 12.9. The van der Waals surface area contributed by atoms with E-state index in [-0.39, 0.29) is 19.8 Å². The second-order valence-electron chi connectivity index (χ2n) is 4.71. The molecule has 0 aromatic heterocycles. The molecule has 4 nitrogen and oxygen atoms in total. The summed E-state index contributed by atoms with van der Waals surface area (Å²) in [5, 5.41) is 8.59. The highest BCUT2D eigenvalue weighted by Gasteiger charge is 2.49. The van der Waals surface area contributed by atoms with Crippen molar-refractivity contribution >= 4 is 5.97 Å². The molecule has 1 fully saturated rings. The van der Waals surface area contributed by atoms with Crippen molar-refractivity contribution < 1.29 is 27.8 Å². The molecule has 1 aliphatic heterocycles. The highest BCUT2D eigenvalue weighted by atomic mass is 19.4. The van der Waals surface area contributed by atoms with Gasteiger partial charge in [0.05, 0.1) is 19.6 Å². The van der Waals surface area contributed by atoms with E-state index in [4.69, 9.17) is 9.84 Å². The third-order valence-electron chi connectivity index (χ3n) is 2.83. The fourth-order valence-electron chi connectivity index (χ4n) is 2.02. The number of hydrogen-bond donors (Lipinski definition) is 1. The molecule has 7 heteroatoms. The van der Waals surface area contributed by atoms with Crippen molar-refractivity contribution in [1.82, 2.24) is 4.90 Å². The summed E-state index contributed by atoms with van der Waals surface area (Å²) in [7, 11) is 0. The van der Waals surface area contributed by atoms with Crippen LogP contribution in [0.15, 0.2) is 0 Å². The Kier molecular flexibility index (Phi) is 4.03. The Morgan fingerprint density at radius 1 is 1.53 bits per heavy atom. The van der Waals surface area contributed by atoms with Crippen LogP contribution in [-0.2, 0) is 9.53 Å². The fourth-order valence-corrected chi connectivity index (χ4v) is 2.02. The first kappa shape index (κ1) is 14.2. The zero-order chi connectivity index (χ0) is 13.3. The van der Waals surface area contributed by atoms with Gasteiger partial charge in [0.15, 0.2) is 0 Å². The molecule has 0 saturated carbocycles. The Bertz CT molecular complexity index is 291. The van der Waals surface area contributed by atoms with Crippen LogP contribution in [0.4, 0.5) is 13.2 Å². The fraction of sp³-hybridized carbons (Fsp3) is 0.900. The topological polar surface area (TPSA) is 49.8 Å². The summed E-state index contributed by atoms with van der Waals surface area (Å²) >= 11 is 0. The number of alkyl halides is 3. The molecule has 1 rings (SSSR count). The first-order valence-corrected chi connectivity index (χ1v) is 5.27. The Hall–Kier alpha value is -0.820. The van der Waals surface area contributed by atoms with Crippen molar-refractivity contribution in [1.29, 1.82) is 0 Å². The van der Waals surface area contributed by atoms with E-state index in [0.29, 0.717) is 0 Å². The predicted octanol–water partition coefficient (Wildman–Crippen LogP) is 1.50. The van der Waals surface area contributed by atoms with E-state index >= 15 is 0 Å². The monoisotopic (exact) mass is 255 g/mol. The average molecular weight is 255 g/mol. The van der Waals surface area contributed by atoms with E-state index in [1.807, 2.05) is 0 Å². The van der Waals surface area contributed by atoms with Crippen LogP contribution in [-0.4, -0.2) is 53.5 Å². The molecule has 1 unspecified atom stereocenters. The van der Waals surface area contributed by atoms with E-state index < -0.39 is 30.1 Å². The number of hydrogen-bond acceptors (Lipinski definition) is 3. The van der Waals surface area contributed by atoms with Crippen LogP contribution in [0.3, 0.4) is 0 Å². The summed E-state index contributed by atoms with van der Waals surface area (Å²) in [4.78, 5) is 11.7. The van der Waals surface area contributed by atoms with Crippen molar-refractivity contribution in [3.8, 4) is 0 Å². The lowest BCUT2D eigenvalue weighted by molar-refractivity contribution is -0.216. The first-order valence-electron chi connectivity index (χ1n) is 5.27. The van der Waals surface area contributed by atoms with E-state index in [0.717, 1.165) is 0 Å². The van der Waals surface area contributed by atoms with Crippen LogP contribution in [0.25, 0.3) is 0 Å². The number of carboxylic acid groups (broad SMARTS) is 1. The molecule has 0 radical (unpaired) electrons. The maximum Gasteiger partial charge on any atom is 0.404 e. The van der Waals surface area contributed by atoms with E-state index in [1.54, 1.807) is 13.8 Å².